The zero-order valence-electron chi connectivity index (χ0n) is 14.0. The number of phenolic OH excluding ortho intramolecular Hbond substituents is 1. The van der Waals surface area contributed by atoms with Crippen LogP contribution in [0.1, 0.15) is 19.4 Å². The summed E-state index contributed by atoms with van der Waals surface area (Å²) in [6, 6.07) is 7.89. The third kappa shape index (κ3) is 3.26. The monoisotopic (exact) mass is 343 g/mol. The summed E-state index contributed by atoms with van der Waals surface area (Å²) in [6.45, 7) is 4.52. The average molecular weight is 343 g/mol. The molecule has 6 nitrogen and oxygen atoms in total. The largest absolute Gasteiger partial charge is 0.504 e. The van der Waals surface area contributed by atoms with Crippen molar-refractivity contribution in [3.05, 3.63) is 41.7 Å². The zero-order chi connectivity index (χ0) is 18.1. The maximum atomic E-state index is 14.0. The van der Waals surface area contributed by atoms with Crippen LogP contribution in [0.5, 0.6) is 11.5 Å². The highest BCUT2D eigenvalue weighted by atomic mass is 19.1. The molecule has 0 aliphatic heterocycles. The van der Waals surface area contributed by atoms with Crippen molar-refractivity contribution in [1.29, 1.82) is 0 Å². The Labute approximate surface area is 144 Å². The van der Waals surface area contributed by atoms with E-state index in [1.165, 1.54) is 12.1 Å². The molecule has 6 N–H and O–H groups in total. The number of amidine groups is 1. The van der Waals surface area contributed by atoms with Crippen molar-refractivity contribution in [3.63, 3.8) is 0 Å². The first-order valence-electron chi connectivity index (χ1n) is 7.89. The molecule has 1 heterocycles. The van der Waals surface area contributed by atoms with Gasteiger partial charge in [-0.15, -0.1) is 0 Å². The Morgan fingerprint density at radius 3 is 2.84 bits per heavy atom. The maximum absolute atomic E-state index is 14.0. The van der Waals surface area contributed by atoms with Crippen LogP contribution in [0.25, 0.3) is 22.4 Å². The molecular weight excluding hydrogens is 323 g/mol. The van der Waals surface area contributed by atoms with Gasteiger partial charge >= 0.3 is 0 Å². The van der Waals surface area contributed by atoms with Crippen molar-refractivity contribution < 1.29 is 19.6 Å². The number of hydrogen-bond donors (Lipinski definition) is 4. The number of benzene rings is 2. The summed E-state index contributed by atoms with van der Waals surface area (Å²) < 4.78 is 19.6. The van der Waals surface area contributed by atoms with Crippen molar-refractivity contribution in [1.82, 2.24) is 9.97 Å². The number of aromatic nitrogens is 2. The fraction of sp³-hybridized carbons (Fsp3) is 0.222. The van der Waals surface area contributed by atoms with Crippen LogP contribution >= 0.6 is 0 Å². The number of H-pyrrole nitrogens is 1. The van der Waals surface area contributed by atoms with Gasteiger partial charge in [0.2, 0.25) is 0 Å². The number of nitrogens with two attached hydrogens (primary N) is 2. The Morgan fingerprint density at radius 1 is 1.40 bits per heavy atom. The molecule has 2 aromatic carbocycles. The number of hydrogen-bond acceptors (Lipinski definition) is 3. The Bertz CT molecular complexity index is 950. The topological polar surface area (TPSA) is 110 Å². The predicted octanol–water partition coefficient (Wildman–Crippen LogP) is 1.57. The lowest BCUT2D eigenvalue weighted by molar-refractivity contribution is -0.114. The van der Waals surface area contributed by atoms with Crippen LogP contribution < -0.4 is 15.9 Å². The second-order valence-corrected chi connectivity index (χ2v) is 6.25. The summed E-state index contributed by atoms with van der Waals surface area (Å²) in [5.74, 6) is 0.422. The molecule has 1 aromatic heterocycles. The molecule has 0 bridgehead atoms. The molecule has 130 valence electrons. The Morgan fingerprint density at radius 2 is 2.16 bits per heavy atom. The van der Waals surface area contributed by atoms with E-state index in [-0.39, 0.29) is 17.1 Å². The van der Waals surface area contributed by atoms with Gasteiger partial charge in [0.15, 0.2) is 11.5 Å². The quantitative estimate of drug-likeness (QED) is 0.416. The fourth-order valence-electron chi connectivity index (χ4n) is 2.47. The van der Waals surface area contributed by atoms with Crippen LogP contribution in [0.2, 0.25) is 0 Å². The molecule has 0 fully saturated rings. The van der Waals surface area contributed by atoms with Gasteiger partial charge in [-0.3, -0.25) is 11.1 Å². The lowest BCUT2D eigenvalue weighted by atomic mass is 10.1. The highest BCUT2D eigenvalue weighted by Crippen LogP contribution is 2.36. The van der Waals surface area contributed by atoms with E-state index in [1.807, 2.05) is 13.8 Å². The number of fused-ring (bicyclic) bond motifs is 1. The first kappa shape index (κ1) is 16.8. The van der Waals surface area contributed by atoms with Gasteiger partial charge in [0.1, 0.15) is 17.2 Å². The fourth-order valence-corrected chi connectivity index (χ4v) is 2.47. The lowest BCUT2D eigenvalue weighted by Crippen LogP contribution is -2.46. The van der Waals surface area contributed by atoms with Crippen LogP contribution in [0, 0.1) is 11.7 Å². The van der Waals surface area contributed by atoms with Gasteiger partial charge in [-0.1, -0.05) is 19.9 Å². The highest BCUT2D eigenvalue weighted by Gasteiger charge is 2.17. The zero-order valence-corrected chi connectivity index (χ0v) is 14.0. The number of nitrogens with one attached hydrogen (secondary N) is 1. The minimum atomic E-state index is -0.541. The number of imidazole rings is 1. The van der Waals surface area contributed by atoms with E-state index in [4.69, 9.17) is 15.9 Å². The van der Waals surface area contributed by atoms with Gasteiger partial charge < -0.3 is 14.8 Å². The molecule has 0 spiro atoms. The Hall–Kier alpha value is -3.09. The number of aromatic hydroxyl groups is 1. The van der Waals surface area contributed by atoms with Gasteiger partial charge in [0.05, 0.1) is 23.2 Å². The summed E-state index contributed by atoms with van der Waals surface area (Å²) in [5, 5.41) is 16.0. The summed E-state index contributed by atoms with van der Waals surface area (Å²) in [5.41, 5.74) is 7.02. The predicted molar refractivity (Wildman–Crippen MR) is 93.7 cm³/mol. The number of nitrogens with zero attached hydrogens (tertiary/aromatic N) is 1. The van der Waals surface area contributed by atoms with Crippen molar-refractivity contribution >= 4 is 16.9 Å². The maximum Gasteiger partial charge on any atom is 0.273 e. The van der Waals surface area contributed by atoms with E-state index >= 15 is 0 Å². The minimum absolute atomic E-state index is 0.0206. The highest BCUT2D eigenvalue weighted by molar-refractivity contribution is 5.96. The minimum Gasteiger partial charge on any atom is -0.504 e. The first-order chi connectivity index (χ1) is 11.9. The van der Waals surface area contributed by atoms with E-state index in [9.17, 15) is 9.50 Å². The summed E-state index contributed by atoms with van der Waals surface area (Å²) in [7, 11) is 0. The molecule has 0 aliphatic rings. The molecule has 3 rings (SSSR count). The smallest absolute Gasteiger partial charge is 0.273 e. The number of rotatable bonds is 5. The number of phenols is 1. The van der Waals surface area contributed by atoms with Gasteiger partial charge in [0.25, 0.3) is 5.84 Å². The molecule has 25 heavy (non-hydrogen) atoms. The van der Waals surface area contributed by atoms with Crippen LogP contribution in [0.3, 0.4) is 0 Å². The molecule has 0 aliphatic carbocycles. The molecule has 3 aromatic rings. The number of aromatic amines is 1. The normalized spacial score (nSPS) is 11.2. The SMILES string of the molecule is CC(C)COc1cccc(-c2nc3cc(C(N)=[NH2+])c(F)cc3[nH]2)c1O. The summed E-state index contributed by atoms with van der Waals surface area (Å²) in [6.07, 6.45) is 0. The molecule has 0 saturated carbocycles. The third-order valence-corrected chi connectivity index (χ3v) is 3.71. The number of para-hydroxylation sites is 1. The summed E-state index contributed by atoms with van der Waals surface area (Å²) in [4.78, 5) is 7.40. The number of halogens is 1. The van der Waals surface area contributed by atoms with E-state index < -0.39 is 5.82 Å². The van der Waals surface area contributed by atoms with Crippen molar-refractivity contribution in [2.45, 2.75) is 13.8 Å². The Balaban J connectivity index is 2.04. The van der Waals surface area contributed by atoms with Gasteiger partial charge in [0, 0.05) is 6.07 Å². The average Bonchev–Trinajstić information content (AvgIpc) is 2.95. The van der Waals surface area contributed by atoms with Crippen LogP contribution in [0.4, 0.5) is 4.39 Å². The van der Waals surface area contributed by atoms with Crippen LogP contribution in [-0.4, -0.2) is 27.5 Å². The van der Waals surface area contributed by atoms with E-state index in [0.717, 1.165) is 0 Å². The molecule has 0 unspecified atom stereocenters. The number of ether oxygens (including phenoxy) is 1. The van der Waals surface area contributed by atoms with Crippen molar-refractivity contribution in [2.24, 2.45) is 11.7 Å². The van der Waals surface area contributed by atoms with Crippen molar-refractivity contribution in [3.8, 4) is 22.9 Å². The molecule has 0 radical (unpaired) electrons. The molecule has 0 saturated heterocycles. The second kappa shape index (κ2) is 6.43. The standard InChI is InChI=1S/C18H19FN4O2/c1-9(2)8-25-15-5-3-4-10(16(15)24)18-22-13-6-11(17(20)21)12(19)7-14(13)23-18/h3-7,9,24H,8H2,1-2H3,(H3,20,21)(H,22,23)/p+1. The molecule has 0 amide bonds. The third-order valence-electron chi connectivity index (χ3n) is 3.71. The van der Waals surface area contributed by atoms with Crippen LogP contribution in [-0.2, 0) is 0 Å². The van der Waals surface area contributed by atoms with Crippen molar-refractivity contribution in [2.75, 3.05) is 6.61 Å². The van der Waals surface area contributed by atoms with Crippen LogP contribution in [0.15, 0.2) is 30.3 Å². The molecule has 7 heteroatoms. The molecular formula is C18H20FN4O2+. The Kier molecular flexibility index (Phi) is 4.31. The van der Waals surface area contributed by atoms with Gasteiger partial charge in [-0.25, -0.2) is 9.37 Å². The van der Waals surface area contributed by atoms with E-state index in [1.54, 1.807) is 18.2 Å². The van der Waals surface area contributed by atoms with Gasteiger partial charge in [-0.05, 0) is 24.1 Å². The summed E-state index contributed by atoms with van der Waals surface area (Å²) >= 11 is 0. The first-order valence-corrected chi connectivity index (χ1v) is 7.89. The lowest BCUT2D eigenvalue weighted by Gasteiger charge is -2.11. The van der Waals surface area contributed by atoms with E-state index in [2.05, 4.69) is 9.97 Å². The molecule has 0 atom stereocenters. The van der Waals surface area contributed by atoms with Gasteiger partial charge in [-0.2, -0.15) is 0 Å². The van der Waals surface area contributed by atoms with E-state index in [0.29, 0.717) is 40.7 Å². The second-order valence-electron chi connectivity index (χ2n) is 6.25.